The van der Waals surface area contributed by atoms with Gasteiger partial charge in [-0.1, -0.05) is 31.2 Å². The summed E-state index contributed by atoms with van der Waals surface area (Å²) in [5.41, 5.74) is 0.417. The second kappa shape index (κ2) is 4.87. The second-order valence-corrected chi connectivity index (χ2v) is 6.19. The third kappa shape index (κ3) is 1.79. The van der Waals surface area contributed by atoms with Gasteiger partial charge in [0.25, 0.3) is 0 Å². The van der Waals surface area contributed by atoms with Crippen LogP contribution < -0.4 is 0 Å². The lowest BCUT2D eigenvalue weighted by Crippen LogP contribution is -2.50. The molecule has 1 aromatic carbocycles. The molecule has 20 heavy (non-hydrogen) atoms. The zero-order valence-corrected chi connectivity index (χ0v) is 11.9. The van der Waals surface area contributed by atoms with E-state index in [0.29, 0.717) is 38.4 Å². The summed E-state index contributed by atoms with van der Waals surface area (Å²) in [6.45, 7) is 3.32. The van der Waals surface area contributed by atoms with Crippen molar-refractivity contribution in [2.45, 2.75) is 44.1 Å². The molecule has 3 rings (SSSR count). The van der Waals surface area contributed by atoms with Gasteiger partial charge in [-0.15, -0.1) is 0 Å². The normalized spacial score (nSPS) is 32.1. The SMILES string of the molecule is CC1CCC(O)(C2(C#N)CCOCC2)c2ccccc21. The van der Waals surface area contributed by atoms with Crippen molar-refractivity contribution in [3.05, 3.63) is 35.4 Å². The lowest BCUT2D eigenvalue weighted by Gasteiger charge is -2.48. The van der Waals surface area contributed by atoms with Gasteiger partial charge in [0.15, 0.2) is 0 Å². The Balaban J connectivity index is 2.12. The van der Waals surface area contributed by atoms with E-state index >= 15 is 0 Å². The highest BCUT2D eigenvalue weighted by molar-refractivity contribution is 5.40. The third-order valence-electron chi connectivity index (χ3n) is 5.23. The monoisotopic (exact) mass is 271 g/mol. The Hall–Kier alpha value is -1.37. The number of hydrogen-bond acceptors (Lipinski definition) is 3. The molecule has 0 aromatic heterocycles. The van der Waals surface area contributed by atoms with Crippen LogP contribution >= 0.6 is 0 Å². The van der Waals surface area contributed by atoms with Crippen LogP contribution in [0, 0.1) is 16.7 Å². The van der Waals surface area contributed by atoms with E-state index in [-0.39, 0.29) is 0 Å². The van der Waals surface area contributed by atoms with E-state index in [4.69, 9.17) is 4.74 Å². The predicted molar refractivity (Wildman–Crippen MR) is 76.1 cm³/mol. The topological polar surface area (TPSA) is 53.2 Å². The van der Waals surface area contributed by atoms with Crippen molar-refractivity contribution in [3.63, 3.8) is 0 Å². The number of nitriles is 1. The average molecular weight is 271 g/mol. The largest absolute Gasteiger partial charge is 0.383 e. The molecule has 1 aliphatic heterocycles. The van der Waals surface area contributed by atoms with Gasteiger partial charge in [0.2, 0.25) is 0 Å². The number of aliphatic hydroxyl groups is 1. The highest BCUT2D eigenvalue weighted by Crippen LogP contribution is 2.54. The van der Waals surface area contributed by atoms with Crippen LogP contribution in [0.25, 0.3) is 0 Å². The molecule has 1 aromatic rings. The number of ether oxygens (including phenoxy) is 1. The Morgan fingerprint density at radius 3 is 2.65 bits per heavy atom. The van der Waals surface area contributed by atoms with Gasteiger partial charge < -0.3 is 9.84 Å². The van der Waals surface area contributed by atoms with Crippen LogP contribution in [0.3, 0.4) is 0 Å². The molecule has 0 radical (unpaired) electrons. The summed E-state index contributed by atoms with van der Waals surface area (Å²) in [4.78, 5) is 0. The first-order valence-electron chi connectivity index (χ1n) is 7.44. The molecule has 3 heteroatoms. The molecule has 2 atom stereocenters. The smallest absolute Gasteiger partial charge is 0.109 e. The molecule has 1 heterocycles. The Morgan fingerprint density at radius 2 is 1.95 bits per heavy atom. The standard InChI is InChI=1S/C17H21NO2/c1-13-6-7-17(19,15-5-3-2-4-14(13)15)16(12-18)8-10-20-11-9-16/h2-5,13,19H,6-11H2,1H3. The quantitative estimate of drug-likeness (QED) is 0.854. The molecule has 1 fully saturated rings. The molecule has 3 nitrogen and oxygen atoms in total. The Labute approximate surface area is 120 Å². The van der Waals surface area contributed by atoms with Crippen molar-refractivity contribution in [2.24, 2.45) is 5.41 Å². The minimum Gasteiger partial charge on any atom is -0.383 e. The molecule has 0 spiro atoms. The van der Waals surface area contributed by atoms with Crippen molar-refractivity contribution in [1.29, 1.82) is 5.26 Å². The van der Waals surface area contributed by atoms with E-state index in [1.54, 1.807) is 0 Å². The van der Waals surface area contributed by atoms with Gasteiger partial charge in [-0.3, -0.25) is 0 Å². The first-order valence-corrected chi connectivity index (χ1v) is 7.44. The molecule has 0 amide bonds. The molecular formula is C17H21NO2. The number of hydrogen-bond donors (Lipinski definition) is 1. The number of fused-ring (bicyclic) bond motifs is 1. The average Bonchev–Trinajstić information content (AvgIpc) is 2.52. The maximum absolute atomic E-state index is 11.4. The molecular weight excluding hydrogens is 250 g/mol. The highest BCUT2D eigenvalue weighted by Gasteiger charge is 2.54. The molecule has 2 unspecified atom stereocenters. The number of rotatable bonds is 1. The first kappa shape index (κ1) is 13.6. The Morgan fingerprint density at radius 1 is 1.25 bits per heavy atom. The van der Waals surface area contributed by atoms with Crippen LogP contribution in [0.15, 0.2) is 24.3 Å². The van der Waals surface area contributed by atoms with Crippen LogP contribution in [0.4, 0.5) is 0 Å². The van der Waals surface area contributed by atoms with Gasteiger partial charge in [-0.25, -0.2) is 0 Å². The van der Waals surface area contributed by atoms with Gasteiger partial charge >= 0.3 is 0 Å². The molecule has 0 bridgehead atoms. The maximum atomic E-state index is 11.4. The summed E-state index contributed by atoms with van der Waals surface area (Å²) in [5, 5.41) is 21.2. The van der Waals surface area contributed by atoms with Crippen molar-refractivity contribution in [2.75, 3.05) is 13.2 Å². The fourth-order valence-electron chi connectivity index (χ4n) is 3.85. The van der Waals surface area contributed by atoms with Crippen molar-refractivity contribution in [1.82, 2.24) is 0 Å². The van der Waals surface area contributed by atoms with E-state index in [1.807, 2.05) is 18.2 Å². The van der Waals surface area contributed by atoms with E-state index in [0.717, 1.165) is 12.0 Å². The zero-order valence-electron chi connectivity index (χ0n) is 11.9. The van der Waals surface area contributed by atoms with E-state index in [1.165, 1.54) is 5.56 Å². The minimum absolute atomic E-state index is 0.446. The third-order valence-corrected chi connectivity index (χ3v) is 5.23. The molecule has 2 aliphatic rings. The van der Waals surface area contributed by atoms with Crippen molar-refractivity contribution in [3.8, 4) is 6.07 Å². The lowest BCUT2D eigenvalue weighted by molar-refractivity contribution is -0.120. The molecule has 1 aliphatic carbocycles. The van der Waals surface area contributed by atoms with Gasteiger partial charge in [-0.05, 0) is 42.7 Å². The Kier molecular flexibility index (Phi) is 3.32. The minimum atomic E-state index is -1.03. The summed E-state index contributed by atoms with van der Waals surface area (Å²) < 4.78 is 5.41. The van der Waals surface area contributed by atoms with E-state index in [9.17, 15) is 10.4 Å². The molecule has 1 saturated heterocycles. The summed E-state index contributed by atoms with van der Waals surface area (Å²) in [7, 11) is 0. The van der Waals surface area contributed by atoms with Gasteiger partial charge in [0, 0.05) is 13.2 Å². The second-order valence-electron chi connectivity index (χ2n) is 6.19. The van der Waals surface area contributed by atoms with Crippen molar-refractivity contribution < 1.29 is 9.84 Å². The predicted octanol–water partition coefficient (Wildman–Crippen LogP) is 3.09. The van der Waals surface area contributed by atoms with Gasteiger partial charge in [-0.2, -0.15) is 5.26 Å². The van der Waals surface area contributed by atoms with Gasteiger partial charge in [0.05, 0.1) is 11.5 Å². The first-order chi connectivity index (χ1) is 9.63. The zero-order chi connectivity index (χ0) is 14.2. The van der Waals surface area contributed by atoms with Crippen LogP contribution in [-0.2, 0) is 10.3 Å². The lowest BCUT2D eigenvalue weighted by atomic mass is 9.59. The van der Waals surface area contributed by atoms with Crippen LogP contribution in [0.1, 0.15) is 49.7 Å². The number of nitrogens with zero attached hydrogens (tertiary/aromatic N) is 1. The molecule has 0 saturated carbocycles. The summed E-state index contributed by atoms with van der Waals surface area (Å²) in [6, 6.07) is 10.5. The van der Waals surface area contributed by atoms with Crippen LogP contribution in [-0.4, -0.2) is 18.3 Å². The fraction of sp³-hybridized carbons (Fsp3) is 0.588. The van der Waals surface area contributed by atoms with Crippen LogP contribution in [0.5, 0.6) is 0 Å². The number of benzene rings is 1. The maximum Gasteiger partial charge on any atom is 0.109 e. The summed E-state index contributed by atoms with van der Waals surface area (Å²) in [5.74, 6) is 0.446. The molecule has 106 valence electrons. The fourth-order valence-corrected chi connectivity index (χ4v) is 3.85. The van der Waals surface area contributed by atoms with Crippen LogP contribution in [0.2, 0.25) is 0 Å². The van der Waals surface area contributed by atoms with E-state index in [2.05, 4.69) is 19.1 Å². The Bertz CT molecular complexity index is 542. The highest BCUT2D eigenvalue weighted by atomic mass is 16.5. The summed E-state index contributed by atoms with van der Waals surface area (Å²) >= 11 is 0. The van der Waals surface area contributed by atoms with Gasteiger partial charge in [0.1, 0.15) is 5.60 Å². The van der Waals surface area contributed by atoms with E-state index < -0.39 is 11.0 Å². The van der Waals surface area contributed by atoms with Crippen molar-refractivity contribution >= 4 is 0 Å². The summed E-state index contributed by atoms with van der Waals surface area (Å²) in [6.07, 6.45) is 2.82. The molecule has 1 N–H and O–H groups in total.